The summed E-state index contributed by atoms with van der Waals surface area (Å²) in [5.41, 5.74) is 0.361. The Bertz CT molecular complexity index is 874. The lowest BCUT2D eigenvalue weighted by Crippen LogP contribution is -2.20. The van der Waals surface area contributed by atoms with Crippen molar-refractivity contribution in [2.24, 2.45) is 0 Å². The molecule has 3 aromatic rings. The Kier molecular flexibility index (Phi) is 2.90. The smallest absolute Gasteiger partial charge is 0.365 e. The molecule has 1 aromatic heterocycles. The minimum atomic E-state index is -4.19. The zero-order valence-corrected chi connectivity index (χ0v) is 10.8. The number of hydrogen-bond donors (Lipinski definition) is 0. The summed E-state index contributed by atoms with van der Waals surface area (Å²) >= 11 is 0. The molecule has 0 fully saturated rings. The van der Waals surface area contributed by atoms with E-state index in [-0.39, 0.29) is 5.75 Å². The first kappa shape index (κ1) is 12.6. The molecule has 0 aliphatic rings. The van der Waals surface area contributed by atoms with E-state index in [0.717, 1.165) is 10.2 Å². The van der Waals surface area contributed by atoms with Crippen LogP contribution in [0.1, 0.15) is 0 Å². The van der Waals surface area contributed by atoms with Crippen molar-refractivity contribution in [3.8, 4) is 5.75 Å². The van der Waals surface area contributed by atoms with Gasteiger partial charge in [0.25, 0.3) is 0 Å². The summed E-state index contributed by atoms with van der Waals surface area (Å²) in [6.07, 6.45) is 1.39. The fourth-order valence-electron chi connectivity index (χ4n) is 1.74. The van der Waals surface area contributed by atoms with Gasteiger partial charge >= 0.3 is 10.3 Å². The second kappa shape index (κ2) is 4.61. The topological polar surface area (TPSA) is 61.2 Å². The SMILES string of the molecule is O=S(=O)(Oc1cccc(F)c1)n1ncc2c[c]ccc21. The summed E-state index contributed by atoms with van der Waals surface area (Å²) in [7, 11) is -4.19. The van der Waals surface area contributed by atoms with E-state index in [1.54, 1.807) is 18.2 Å². The lowest BCUT2D eigenvalue weighted by molar-refractivity contribution is 0.469. The van der Waals surface area contributed by atoms with Gasteiger partial charge in [-0.15, -0.1) is 4.09 Å². The summed E-state index contributed by atoms with van der Waals surface area (Å²) in [6.45, 7) is 0. The van der Waals surface area contributed by atoms with Gasteiger partial charge in [0.2, 0.25) is 0 Å². The molecule has 1 heterocycles. The Hall–Kier alpha value is -2.41. The van der Waals surface area contributed by atoms with Gasteiger partial charge in [-0.25, -0.2) is 4.39 Å². The molecule has 0 bridgehead atoms. The molecule has 0 amide bonds. The molecule has 3 rings (SSSR count). The highest BCUT2D eigenvalue weighted by molar-refractivity contribution is 7.85. The molecule has 0 aliphatic heterocycles. The van der Waals surface area contributed by atoms with Gasteiger partial charge in [0.15, 0.2) is 0 Å². The van der Waals surface area contributed by atoms with E-state index in [1.165, 1.54) is 24.4 Å². The summed E-state index contributed by atoms with van der Waals surface area (Å²) in [5.74, 6) is -0.700. The highest BCUT2D eigenvalue weighted by Gasteiger charge is 2.19. The number of hydrogen-bond acceptors (Lipinski definition) is 4. The number of aromatic nitrogens is 2. The summed E-state index contributed by atoms with van der Waals surface area (Å²) in [4.78, 5) is 0. The second-order valence-corrected chi connectivity index (χ2v) is 5.34. The number of nitrogens with zero attached hydrogens (tertiary/aromatic N) is 2. The Balaban J connectivity index is 2.04. The van der Waals surface area contributed by atoms with Gasteiger partial charge < -0.3 is 4.18 Å². The maximum Gasteiger partial charge on any atom is 0.429 e. The van der Waals surface area contributed by atoms with Gasteiger partial charge in [-0.2, -0.15) is 13.5 Å². The van der Waals surface area contributed by atoms with Crippen LogP contribution in [0.15, 0.2) is 48.7 Å². The quantitative estimate of drug-likeness (QED) is 0.742. The molecular formula is C13H8FN2O3S. The minimum Gasteiger partial charge on any atom is -0.365 e. The summed E-state index contributed by atoms with van der Waals surface area (Å²) in [5, 5.41) is 4.39. The second-order valence-electron chi connectivity index (χ2n) is 3.97. The first-order chi connectivity index (χ1) is 9.56. The highest BCUT2D eigenvalue weighted by Crippen LogP contribution is 2.19. The van der Waals surface area contributed by atoms with Crippen LogP contribution in [-0.4, -0.2) is 17.6 Å². The van der Waals surface area contributed by atoms with Crippen molar-refractivity contribution < 1.29 is 17.0 Å². The largest absolute Gasteiger partial charge is 0.429 e. The van der Waals surface area contributed by atoms with Crippen molar-refractivity contribution in [2.45, 2.75) is 0 Å². The Morgan fingerprint density at radius 3 is 2.95 bits per heavy atom. The van der Waals surface area contributed by atoms with Crippen LogP contribution in [0.5, 0.6) is 5.75 Å². The first-order valence-corrected chi connectivity index (χ1v) is 6.97. The van der Waals surface area contributed by atoms with E-state index >= 15 is 0 Å². The van der Waals surface area contributed by atoms with Crippen molar-refractivity contribution in [1.29, 1.82) is 0 Å². The van der Waals surface area contributed by atoms with Crippen LogP contribution in [-0.2, 0) is 10.3 Å². The van der Waals surface area contributed by atoms with Crippen molar-refractivity contribution >= 4 is 21.2 Å². The molecule has 101 valence electrons. The third-order valence-electron chi connectivity index (χ3n) is 2.59. The van der Waals surface area contributed by atoms with Gasteiger partial charge in [0.05, 0.1) is 11.7 Å². The van der Waals surface area contributed by atoms with E-state index in [9.17, 15) is 12.8 Å². The molecule has 7 heteroatoms. The van der Waals surface area contributed by atoms with Crippen LogP contribution in [0.3, 0.4) is 0 Å². The van der Waals surface area contributed by atoms with E-state index < -0.39 is 16.1 Å². The molecule has 1 radical (unpaired) electrons. The molecule has 0 N–H and O–H groups in total. The Labute approximate surface area is 114 Å². The van der Waals surface area contributed by atoms with Crippen molar-refractivity contribution in [2.75, 3.05) is 0 Å². The van der Waals surface area contributed by atoms with Crippen LogP contribution < -0.4 is 4.18 Å². The van der Waals surface area contributed by atoms with E-state index in [2.05, 4.69) is 11.2 Å². The van der Waals surface area contributed by atoms with Gasteiger partial charge in [-0.3, -0.25) is 0 Å². The molecule has 0 unspecified atom stereocenters. The number of fused-ring (bicyclic) bond motifs is 1. The first-order valence-electron chi connectivity index (χ1n) is 5.61. The lowest BCUT2D eigenvalue weighted by atomic mass is 10.3. The summed E-state index contributed by atoms with van der Waals surface area (Å²) < 4.78 is 42.9. The molecule has 0 aliphatic carbocycles. The monoisotopic (exact) mass is 291 g/mol. The van der Waals surface area contributed by atoms with E-state index in [1.807, 2.05) is 0 Å². The average molecular weight is 291 g/mol. The molecule has 0 atom stereocenters. The maximum atomic E-state index is 13.0. The maximum absolute atomic E-state index is 13.0. The van der Waals surface area contributed by atoms with Gasteiger partial charge in [-0.1, -0.05) is 12.1 Å². The lowest BCUT2D eigenvalue weighted by Gasteiger charge is -2.07. The predicted molar refractivity (Wildman–Crippen MR) is 69.9 cm³/mol. The van der Waals surface area contributed by atoms with Crippen molar-refractivity contribution in [3.63, 3.8) is 0 Å². The number of benzene rings is 2. The third kappa shape index (κ3) is 2.23. The Morgan fingerprint density at radius 2 is 2.15 bits per heavy atom. The zero-order valence-electron chi connectivity index (χ0n) is 10.0. The third-order valence-corrected chi connectivity index (χ3v) is 3.71. The number of rotatable bonds is 3. The van der Waals surface area contributed by atoms with Crippen LogP contribution >= 0.6 is 0 Å². The molecule has 0 saturated carbocycles. The van der Waals surface area contributed by atoms with Gasteiger partial charge in [0, 0.05) is 11.5 Å². The van der Waals surface area contributed by atoms with Gasteiger partial charge in [0.1, 0.15) is 11.6 Å². The standard InChI is InChI=1S/C13H8FN2O3S/c14-11-5-3-6-12(8-11)19-20(17,18)16-13-7-2-1-4-10(13)9-15-16/h2-9H. The van der Waals surface area contributed by atoms with E-state index in [4.69, 9.17) is 4.18 Å². The Morgan fingerprint density at radius 1 is 1.30 bits per heavy atom. The summed E-state index contributed by atoms with van der Waals surface area (Å²) in [6, 6.07) is 12.4. The molecule has 20 heavy (non-hydrogen) atoms. The van der Waals surface area contributed by atoms with Crippen molar-refractivity contribution in [3.05, 3.63) is 60.5 Å². The molecule has 0 saturated heterocycles. The van der Waals surface area contributed by atoms with Crippen molar-refractivity contribution in [1.82, 2.24) is 9.19 Å². The van der Waals surface area contributed by atoms with Crippen LogP contribution in [0.2, 0.25) is 0 Å². The minimum absolute atomic E-state index is 0.115. The van der Waals surface area contributed by atoms with Crippen LogP contribution in [0, 0.1) is 11.9 Å². The molecule has 5 nitrogen and oxygen atoms in total. The molecule has 0 spiro atoms. The zero-order chi connectivity index (χ0) is 14.2. The fraction of sp³-hybridized carbons (Fsp3) is 0. The number of halogens is 1. The van der Waals surface area contributed by atoms with Gasteiger partial charge in [-0.05, 0) is 30.3 Å². The fourth-order valence-corrected chi connectivity index (χ4v) is 2.73. The predicted octanol–water partition coefficient (Wildman–Crippen LogP) is 2.15. The highest BCUT2D eigenvalue weighted by atomic mass is 32.2. The van der Waals surface area contributed by atoms with E-state index in [0.29, 0.717) is 10.9 Å². The molecule has 2 aromatic carbocycles. The van der Waals surface area contributed by atoms with Crippen LogP contribution in [0.4, 0.5) is 4.39 Å². The molecular weight excluding hydrogens is 283 g/mol. The average Bonchev–Trinajstić information content (AvgIpc) is 2.82. The van der Waals surface area contributed by atoms with Crippen LogP contribution in [0.25, 0.3) is 10.9 Å². The normalized spacial score (nSPS) is 11.7.